The van der Waals surface area contributed by atoms with Gasteiger partial charge in [0, 0.05) is 30.9 Å². The van der Waals surface area contributed by atoms with Crippen LogP contribution in [0.15, 0.2) is 18.2 Å². The van der Waals surface area contributed by atoms with E-state index in [1.54, 1.807) is 4.90 Å². The summed E-state index contributed by atoms with van der Waals surface area (Å²) in [6.07, 6.45) is 2.36. The van der Waals surface area contributed by atoms with Crippen LogP contribution in [0.3, 0.4) is 0 Å². The molecule has 0 spiro atoms. The number of carboxylic acids is 1. The second-order valence-corrected chi connectivity index (χ2v) is 5.48. The van der Waals surface area contributed by atoms with Gasteiger partial charge in [-0.25, -0.2) is 0 Å². The molecule has 20 heavy (non-hydrogen) atoms. The normalized spacial score (nSPS) is 21.2. The zero-order valence-corrected chi connectivity index (χ0v) is 11.3. The maximum Gasteiger partial charge on any atom is 0.308 e. The lowest BCUT2D eigenvalue weighted by Gasteiger charge is -2.30. The Morgan fingerprint density at radius 1 is 1.35 bits per heavy atom. The van der Waals surface area contributed by atoms with E-state index in [1.807, 2.05) is 18.2 Å². The number of nitrogens with one attached hydrogen (secondary N) is 1. The van der Waals surface area contributed by atoms with Crippen molar-refractivity contribution in [2.75, 3.05) is 25.0 Å². The smallest absolute Gasteiger partial charge is 0.308 e. The van der Waals surface area contributed by atoms with Gasteiger partial charge in [0.2, 0.25) is 0 Å². The Morgan fingerprint density at radius 3 is 3.00 bits per heavy atom. The molecule has 1 amide bonds. The number of carbonyl (C=O) groups excluding carboxylic acids is 1. The Kier molecular flexibility index (Phi) is 3.34. The molecule has 2 heterocycles. The number of carbonyl (C=O) groups is 2. The van der Waals surface area contributed by atoms with Gasteiger partial charge in [0.1, 0.15) is 0 Å². The average molecular weight is 274 g/mol. The molecule has 1 fully saturated rings. The first-order valence-corrected chi connectivity index (χ1v) is 7.04. The largest absolute Gasteiger partial charge is 0.481 e. The SMILES string of the molecule is O=C(O)[C@H]1CCCN(C(=O)c2ccc3c(c2)CCN3)C1. The van der Waals surface area contributed by atoms with E-state index in [1.165, 1.54) is 5.56 Å². The lowest BCUT2D eigenvalue weighted by Crippen LogP contribution is -2.42. The van der Waals surface area contributed by atoms with E-state index in [9.17, 15) is 9.59 Å². The van der Waals surface area contributed by atoms with Crippen molar-refractivity contribution in [2.45, 2.75) is 19.3 Å². The fourth-order valence-electron chi connectivity index (χ4n) is 2.98. The molecule has 1 atom stereocenters. The number of likely N-dealkylation sites (tertiary alicyclic amines) is 1. The van der Waals surface area contributed by atoms with Crippen molar-refractivity contribution in [3.05, 3.63) is 29.3 Å². The summed E-state index contributed by atoms with van der Waals surface area (Å²) in [4.78, 5) is 25.2. The molecule has 0 unspecified atom stereocenters. The second kappa shape index (κ2) is 5.15. The first-order chi connectivity index (χ1) is 9.65. The summed E-state index contributed by atoms with van der Waals surface area (Å²) in [5, 5.41) is 12.4. The molecule has 5 heteroatoms. The Labute approximate surface area is 117 Å². The third kappa shape index (κ3) is 2.35. The molecule has 5 nitrogen and oxygen atoms in total. The van der Waals surface area contributed by atoms with Crippen molar-refractivity contribution in [1.82, 2.24) is 4.90 Å². The predicted octanol–water partition coefficient (Wildman–Crippen LogP) is 1.59. The Balaban J connectivity index is 1.76. The Bertz CT molecular complexity index is 556. The highest BCUT2D eigenvalue weighted by atomic mass is 16.4. The van der Waals surface area contributed by atoms with Crippen LogP contribution in [-0.2, 0) is 11.2 Å². The Hall–Kier alpha value is -2.04. The van der Waals surface area contributed by atoms with Gasteiger partial charge >= 0.3 is 5.97 Å². The first-order valence-electron chi connectivity index (χ1n) is 7.04. The van der Waals surface area contributed by atoms with Gasteiger partial charge in [0.25, 0.3) is 5.91 Å². The zero-order valence-electron chi connectivity index (χ0n) is 11.3. The van der Waals surface area contributed by atoms with Crippen LogP contribution >= 0.6 is 0 Å². The van der Waals surface area contributed by atoms with Gasteiger partial charge in [0.05, 0.1) is 5.92 Å². The van der Waals surface area contributed by atoms with Crippen molar-refractivity contribution in [3.63, 3.8) is 0 Å². The molecule has 1 aromatic rings. The number of carboxylic acid groups (broad SMARTS) is 1. The number of amides is 1. The van der Waals surface area contributed by atoms with Gasteiger partial charge in [-0.05, 0) is 43.0 Å². The summed E-state index contributed by atoms with van der Waals surface area (Å²) in [7, 11) is 0. The molecule has 0 aliphatic carbocycles. The van der Waals surface area contributed by atoms with Crippen LogP contribution in [0.2, 0.25) is 0 Å². The highest BCUT2D eigenvalue weighted by molar-refractivity contribution is 5.95. The lowest BCUT2D eigenvalue weighted by molar-refractivity contribution is -0.143. The average Bonchev–Trinajstić information content (AvgIpc) is 2.94. The van der Waals surface area contributed by atoms with Gasteiger partial charge in [-0.15, -0.1) is 0 Å². The highest BCUT2D eigenvalue weighted by Gasteiger charge is 2.29. The molecule has 0 aromatic heterocycles. The number of hydrogen-bond donors (Lipinski definition) is 2. The van der Waals surface area contributed by atoms with E-state index in [0.29, 0.717) is 25.1 Å². The minimum Gasteiger partial charge on any atom is -0.481 e. The molecule has 2 N–H and O–H groups in total. The molecule has 0 bridgehead atoms. The van der Waals surface area contributed by atoms with Crippen molar-refractivity contribution in [2.24, 2.45) is 5.92 Å². The summed E-state index contributed by atoms with van der Waals surface area (Å²) in [5.41, 5.74) is 2.93. The van der Waals surface area contributed by atoms with Crippen LogP contribution in [-0.4, -0.2) is 41.5 Å². The third-order valence-corrected chi connectivity index (χ3v) is 4.12. The topological polar surface area (TPSA) is 69.6 Å². The fraction of sp³-hybridized carbons (Fsp3) is 0.467. The molecule has 2 aliphatic heterocycles. The number of piperidine rings is 1. The number of fused-ring (bicyclic) bond motifs is 1. The monoisotopic (exact) mass is 274 g/mol. The van der Waals surface area contributed by atoms with E-state index in [2.05, 4.69) is 5.32 Å². The van der Waals surface area contributed by atoms with Crippen molar-refractivity contribution < 1.29 is 14.7 Å². The van der Waals surface area contributed by atoms with Crippen molar-refractivity contribution >= 4 is 17.6 Å². The predicted molar refractivity (Wildman–Crippen MR) is 74.9 cm³/mol. The minimum atomic E-state index is -0.805. The summed E-state index contributed by atoms with van der Waals surface area (Å²) < 4.78 is 0. The summed E-state index contributed by atoms with van der Waals surface area (Å²) in [5.74, 6) is -1.28. The van der Waals surface area contributed by atoms with Crippen molar-refractivity contribution in [3.8, 4) is 0 Å². The second-order valence-electron chi connectivity index (χ2n) is 5.48. The van der Waals surface area contributed by atoms with Gasteiger partial charge in [-0.2, -0.15) is 0 Å². The maximum atomic E-state index is 12.5. The molecule has 1 saturated heterocycles. The first kappa shape index (κ1) is 13.0. The molecule has 106 valence electrons. The van der Waals surface area contributed by atoms with Crippen LogP contribution in [0.1, 0.15) is 28.8 Å². The molecular formula is C15H18N2O3. The number of aliphatic carboxylic acids is 1. The summed E-state index contributed by atoms with van der Waals surface area (Å²) >= 11 is 0. The van der Waals surface area contributed by atoms with Gasteiger partial charge < -0.3 is 15.3 Å². The van der Waals surface area contributed by atoms with Crippen LogP contribution < -0.4 is 5.32 Å². The van der Waals surface area contributed by atoms with Crippen LogP contribution in [0.5, 0.6) is 0 Å². The van der Waals surface area contributed by atoms with E-state index < -0.39 is 11.9 Å². The van der Waals surface area contributed by atoms with Crippen molar-refractivity contribution in [1.29, 1.82) is 0 Å². The van der Waals surface area contributed by atoms with Crippen LogP contribution in [0, 0.1) is 5.92 Å². The highest BCUT2D eigenvalue weighted by Crippen LogP contribution is 2.25. The molecule has 0 radical (unpaired) electrons. The van der Waals surface area contributed by atoms with Gasteiger partial charge in [-0.3, -0.25) is 9.59 Å². The van der Waals surface area contributed by atoms with E-state index >= 15 is 0 Å². The number of hydrogen-bond acceptors (Lipinski definition) is 3. The van der Waals surface area contributed by atoms with Gasteiger partial charge in [0.15, 0.2) is 0 Å². The third-order valence-electron chi connectivity index (χ3n) is 4.12. The maximum absolute atomic E-state index is 12.5. The van der Waals surface area contributed by atoms with E-state index in [-0.39, 0.29) is 5.91 Å². The van der Waals surface area contributed by atoms with Gasteiger partial charge in [-0.1, -0.05) is 0 Å². The molecular weight excluding hydrogens is 256 g/mol. The molecule has 1 aromatic carbocycles. The Morgan fingerprint density at radius 2 is 2.20 bits per heavy atom. The number of rotatable bonds is 2. The summed E-state index contributed by atoms with van der Waals surface area (Å²) in [6, 6.07) is 5.69. The number of benzene rings is 1. The number of nitrogens with zero attached hydrogens (tertiary/aromatic N) is 1. The standard InChI is InChI=1S/C15H18N2O3/c18-14(17-7-1-2-12(9-17)15(19)20)11-3-4-13-10(8-11)5-6-16-13/h3-4,8,12,16H,1-2,5-7,9H2,(H,19,20)/t12-/m0/s1. The van der Waals surface area contributed by atoms with Crippen LogP contribution in [0.4, 0.5) is 5.69 Å². The van der Waals surface area contributed by atoms with E-state index in [4.69, 9.17) is 5.11 Å². The zero-order chi connectivity index (χ0) is 14.1. The fourth-order valence-corrected chi connectivity index (χ4v) is 2.98. The lowest BCUT2D eigenvalue weighted by atomic mass is 9.97. The van der Waals surface area contributed by atoms with E-state index in [0.717, 1.165) is 25.1 Å². The quantitative estimate of drug-likeness (QED) is 0.859. The molecule has 0 saturated carbocycles. The van der Waals surface area contributed by atoms with Crippen LogP contribution in [0.25, 0.3) is 0 Å². The number of anilines is 1. The molecule has 2 aliphatic rings. The summed E-state index contributed by atoms with van der Waals surface area (Å²) in [6.45, 7) is 1.89. The minimum absolute atomic E-state index is 0.0503. The molecule has 3 rings (SSSR count).